The lowest BCUT2D eigenvalue weighted by Crippen LogP contribution is -2.27. The van der Waals surface area contributed by atoms with E-state index in [4.69, 9.17) is 0 Å². The van der Waals surface area contributed by atoms with Crippen LogP contribution >= 0.6 is 11.3 Å². The zero-order chi connectivity index (χ0) is 14.5. The highest BCUT2D eigenvalue weighted by Gasteiger charge is 2.14. The van der Waals surface area contributed by atoms with Crippen LogP contribution in [0.1, 0.15) is 31.2 Å². The number of benzene rings is 1. The normalized spacial score (nSPS) is 11.9. The first-order chi connectivity index (χ1) is 9.65. The van der Waals surface area contributed by atoms with Gasteiger partial charge in [-0.2, -0.15) is 0 Å². The van der Waals surface area contributed by atoms with Gasteiger partial charge in [0.15, 0.2) is 0 Å². The molecule has 20 heavy (non-hydrogen) atoms. The van der Waals surface area contributed by atoms with Gasteiger partial charge in [-0.1, -0.05) is 39.0 Å². The fraction of sp³-hybridized carbons (Fsp3) is 0.529. The Morgan fingerprint density at radius 1 is 1.25 bits per heavy atom. The van der Waals surface area contributed by atoms with Gasteiger partial charge in [0.05, 0.1) is 0 Å². The zero-order valence-electron chi connectivity index (χ0n) is 13.1. The Bertz CT molecular complexity index is 545. The van der Waals surface area contributed by atoms with E-state index in [0.717, 1.165) is 19.6 Å². The second kappa shape index (κ2) is 7.21. The van der Waals surface area contributed by atoms with Crippen molar-refractivity contribution in [1.29, 1.82) is 0 Å². The molecule has 1 heterocycles. The van der Waals surface area contributed by atoms with Gasteiger partial charge in [-0.25, -0.2) is 0 Å². The quantitative estimate of drug-likeness (QED) is 0.826. The summed E-state index contributed by atoms with van der Waals surface area (Å²) in [7, 11) is 2.03. The molecular formula is C17H26N2S. The third-order valence-electron chi connectivity index (χ3n) is 3.57. The van der Waals surface area contributed by atoms with E-state index in [1.54, 1.807) is 0 Å². The molecule has 1 N–H and O–H groups in total. The summed E-state index contributed by atoms with van der Waals surface area (Å²) >= 11 is 1.93. The minimum atomic E-state index is 0.715. The minimum Gasteiger partial charge on any atom is -0.315 e. The van der Waals surface area contributed by atoms with Crippen LogP contribution in [-0.4, -0.2) is 25.0 Å². The Morgan fingerprint density at radius 2 is 2.00 bits per heavy atom. The number of hydrogen-bond acceptors (Lipinski definition) is 3. The number of fused-ring (bicyclic) bond motifs is 1. The van der Waals surface area contributed by atoms with Crippen molar-refractivity contribution in [1.82, 2.24) is 10.2 Å². The van der Waals surface area contributed by atoms with Crippen molar-refractivity contribution in [3.8, 4) is 0 Å². The fourth-order valence-corrected chi connectivity index (χ4v) is 3.90. The van der Waals surface area contributed by atoms with Crippen LogP contribution < -0.4 is 5.32 Å². The predicted molar refractivity (Wildman–Crippen MR) is 90.4 cm³/mol. The van der Waals surface area contributed by atoms with E-state index in [9.17, 15) is 0 Å². The van der Waals surface area contributed by atoms with Crippen molar-refractivity contribution in [2.45, 2.75) is 33.9 Å². The third-order valence-corrected chi connectivity index (χ3v) is 4.78. The van der Waals surface area contributed by atoms with Crippen LogP contribution in [0.2, 0.25) is 0 Å². The molecule has 2 rings (SSSR count). The van der Waals surface area contributed by atoms with Gasteiger partial charge in [-0.05, 0) is 36.5 Å². The van der Waals surface area contributed by atoms with Crippen LogP contribution in [0.5, 0.6) is 0 Å². The van der Waals surface area contributed by atoms with Crippen LogP contribution in [0.4, 0.5) is 0 Å². The number of thiophene rings is 1. The first kappa shape index (κ1) is 15.5. The molecule has 2 nitrogen and oxygen atoms in total. The van der Waals surface area contributed by atoms with Crippen LogP contribution in [0.3, 0.4) is 0 Å². The van der Waals surface area contributed by atoms with Crippen molar-refractivity contribution >= 4 is 21.4 Å². The Balaban J connectivity index is 2.32. The van der Waals surface area contributed by atoms with Gasteiger partial charge in [-0.15, -0.1) is 11.3 Å². The SMILES string of the molecule is CCN(Cc1c(CNC)sc2ccccc12)CC(C)C. The smallest absolute Gasteiger partial charge is 0.0349 e. The summed E-state index contributed by atoms with van der Waals surface area (Å²) in [4.78, 5) is 4.04. The summed E-state index contributed by atoms with van der Waals surface area (Å²) in [5, 5.41) is 4.74. The number of hydrogen-bond donors (Lipinski definition) is 1. The Kier molecular flexibility index (Phi) is 5.58. The van der Waals surface area contributed by atoms with E-state index in [-0.39, 0.29) is 0 Å². The van der Waals surface area contributed by atoms with Gasteiger partial charge < -0.3 is 5.32 Å². The second-order valence-corrected chi connectivity index (χ2v) is 6.89. The van der Waals surface area contributed by atoms with Gasteiger partial charge in [-0.3, -0.25) is 4.90 Å². The molecule has 0 aliphatic heterocycles. The predicted octanol–water partition coefficient (Wildman–Crippen LogP) is 4.10. The van der Waals surface area contributed by atoms with Crippen molar-refractivity contribution in [3.63, 3.8) is 0 Å². The average Bonchev–Trinajstić information content (AvgIpc) is 2.76. The topological polar surface area (TPSA) is 15.3 Å². The molecule has 1 aromatic carbocycles. The summed E-state index contributed by atoms with van der Waals surface area (Å²) in [6, 6.07) is 8.79. The van der Waals surface area contributed by atoms with Crippen molar-refractivity contribution in [3.05, 3.63) is 34.7 Å². The molecule has 0 saturated heterocycles. The maximum absolute atomic E-state index is 3.31. The van der Waals surface area contributed by atoms with E-state index in [0.29, 0.717) is 5.92 Å². The molecule has 0 bridgehead atoms. The van der Waals surface area contributed by atoms with Crippen molar-refractivity contribution in [2.24, 2.45) is 5.92 Å². The summed E-state index contributed by atoms with van der Waals surface area (Å²) in [6.45, 7) is 11.2. The summed E-state index contributed by atoms with van der Waals surface area (Å²) < 4.78 is 1.41. The van der Waals surface area contributed by atoms with E-state index < -0.39 is 0 Å². The molecule has 2 aromatic rings. The van der Waals surface area contributed by atoms with Gasteiger partial charge >= 0.3 is 0 Å². The van der Waals surface area contributed by atoms with E-state index >= 15 is 0 Å². The third kappa shape index (κ3) is 3.60. The highest BCUT2D eigenvalue weighted by molar-refractivity contribution is 7.19. The molecular weight excluding hydrogens is 264 g/mol. The standard InChI is InChI=1S/C17H26N2S/c1-5-19(11-13(2)3)12-15-14-8-6-7-9-16(14)20-17(15)10-18-4/h6-9,13,18H,5,10-12H2,1-4H3. The molecule has 0 spiro atoms. The summed E-state index contributed by atoms with van der Waals surface area (Å²) in [6.07, 6.45) is 0. The molecule has 0 saturated carbocycles. The highest BCUT2D eigenvalue weighted by Crippen LogP contribution is 2.32. The van der Waals surface area contributed by atoms with Crippen LogP contribution in [0.15, 0.2) is 24.3 Å². The molecule has 0 unspecified atom stereocenters. The molecule has 0 atom stereocenters. The van der Waals surface area contributed by atoms with Crippen molar-refractivity contribution < 1.29 is 0 Å². The largest absolute Gasteiger partial charge is 0.315 e. The second-order valence-electron chi connectivity index (χ2n) is 5.75. The van der Waals surface area contributed by atoms with Gasteiger partial charge in [0.25, 0.3) is 0 Å². The van der Waals surface area contributed by atoms with Gasteiger partial charge in [0, 0.05) is 29.2 Å². The lowest BCUT2D eigenvalue weighted by atomic mass is 10.1. The molecule has 3 heteroatoms. The maximum Gasteiger partial charge on any atom is 0.0349 e. The van der Waals surface area contributed by atoms with E-state index in [1.807, 2.05) is 18.4 Å². The van der Waals surface area contributed by atoms with E-state index in [1.165, 1.54) is 27.1 Å². The Hall–Kier alpha value is -0.900. The minimum absolute atomic E-state index is 0.715. The van der Waals surface area contributed by atoms with Crippen LogP contribution in [0, 0.1) is 5.92 Å². The first-order valence-corrected chi connectivity index (χ1v) is 8.33. The monoisotopic (exact) mass is 290 g/mol. The molecule has 110 valence electrons. The Labute approximate surface area is 126 Å². The summed E-state index contributed by atoms with van der Waals surface area (Å²) in [5.41, 5.74) is 1.52. The zero-order valence-corrected chi connectivity index (χ0v) is 13.9. The first-order valence-electron chi connectivity index (χ1n) is 7.51. The molecule has 0 aliphatic rings. The number of rotatable bonds is 7. The Morgan fingerprint density at radius 3 is 2.65 bits per heavy atom. The van der Waals surface area contributed by atoms with E-state index in [2.05, 4.69) is 55.3 Å². The average molecular weight is 290 g/mol. The highest BCUT2D eigenvalue weighted by atomic mass is 32.1. The molecule has 0 fully saturated rings. The number of nitrogens with zero attached hydrogens (tertiary/aromatic N) is 1. The molecule has 0 aliphatic carbocycles. The lowest BCUT2D eigenvalue weighted by Gasteiger charge is -2.23. The summed E-state index contributed by atoms with van der Waals surface area (Å²) in [5.74, 6) is 0.715. The number of nitrogens with one attached hydrogen (secondary N) is 1. The molecule has 0 radical (unpaired) electrons. The van der Waals surface area contributed by atoms with Gasteiger partial charge in [0.2, 0.25) is 0 Å². The molecule has 0 amide bonds. The van der Waals surface area contributed by atoms with Gasteiger partial charge in [0.1, 0.15) is 0 Å². The molecule has 1 aromatic heterocycles. The van der Waals surface area contributed by atoms with Crippen molar-refractivity contribution in [2.75, 3.05) is 20.1 Å². The lowest BCUT2D eigenvalue weighted by molar-refractivity contribution is 0.249. The fourth-order valence-electron chi connectivity index (χ4n) is 2.67. The van der Waals surface area contributed by atoms with Crippen LogP contribution in [0.25, 0.3) is 10.1 Å². The van der Waals surface area contributed by atoms with Crippen LogP contribution in [-0.2, 0) is 13.1 Å². The maximum atomic E-state index is 3.31.